The van der Waals surface area contributed by atoms with Crippen LogP contribution in [0.5, 0.6) is 0 Å². The van der Waals surface area contributed by atoms with Gasteiger partial charge in [-0.1, -0.05) is 6.92 Å². The van der Waals surface area contributed by atoms with Gasteiger partial charge in [-0.3, -0.25) is 4.79 Å². The van der Waals surface area contributed by atoms with E-state index in [1.807, 2.05) is 27.7 Å². The maximum absolute atomic E-state index is 11.6. The lowest BCUT2D eigenvalue weighted by Crippen LogP contribution is -2.40. The monoisotopic (exact) mass is 200 g/mol. The number of hydrogen-bond acceptors (Lipinski definition) is 3. The second-order valence-electron chi connectivity index (χ2n) is 4.09. The zero-order valence-corrected chi connectivity index (χ0v) is 9.36. The minimum Gasteiger partial charge on any atom is -0.511 e. The number of rotatable bonds is 1. The summed E-state index contributed by atoms with van der Waals surface area (Å²) in [5, 5.41) is 9.55. The SMILES string of the molecule is CCC1(C)SC(C)(C)C(O)=CC1=O. The summed E-state index contributed by atoms with van der Waals surface area (Å²) in [6.45, 7) is 7.80. The van der Waals surface area contributed by atoms with Crippen LogP contribution in [0.25, 0.3) is 0 Å². The van der Waals surface area contributed by atoms with Crippen LogP contribution in [0.3, 0.4) is 0 Å². The molecule has 1 heterocycles. The van der Waals surface area contributed by atoms with E-state index < -0.39 is 0 Å². The van der Waals surface area contributed by atoms with E-state index in [2.05, 4.69) is 0 Å². The van der Waals surface area contributed by atoms with Gasteiger partial charge in [0.15, 0.2) is 5.78 Å². The van der Waals surface area contributed by atoms with Crippen molar-refractivity contribution in [2.45, 2.75) is 43.6 Å². The summed E-state index contributed by atoms with van der Waals surface area (Å²) in [5.41, 5.74) is 0. The van der Waals surface area contributed by atoms with E-state index in [1.54, 1.807) is 0 Å². The number of ketones is 1. The summed E-state index contributed by atoms with van der Waals surface area (Å²) in [6.07, 6.45) is 2.17. The first-order chi connectivity index (χ1) is 5.82. The van der Waals surface area contributed by atoms with Gasteiger partial charge in [0, 0.05) is 6.08 Å². The highest BCUT2D eigenvalue weighted by atomic mass is 32.2. The lowest BCUT2D eigenvalue weighted by atomic mass is 9.98. The van der Waals surface area contributed by atoms with E-state index >= 15 is 0 Å². The fraction of sp³-hybridized carbons (Fsp3) is 0.700. The van der Waals surface area contributed by atoms with E-state index in [4.69, 9.17) is 0 Å². The van der Waals surface area contributed by atoms with Gasteiger partial charge in [0.1, 0.15) is 5.76 Å². The van der Waals surface area contributed by atoms with Gasteiger partial charge in [-0.25, -0.2) is 0 Å². The molecule has 2 nitrogen and oxygen atoms in total. The van der Waals surface area contributed by atoms with Crippen molar-refractivity contribution >= 4 is 17.5 Å². The third kappa shape index (κ3) is 1.75. The number of thioether (sulfide) groups is 1. The van der Waals surface area contributed by atoms with Crippen molar-refractivity contribution in [3.8, 4) is 0 Å². The molecule has 1 N–H and O–H groups in total. The normalized spacial score (nSPS) is 32.9. The predicted octanol–water partition coefficient (Wildman–Crippen LogP) is 2.69. The van der Waals surface area contributed by atoms with E-state index in [9.17, 15) is 9.90 Å². The van der Waals surface area contributed by atoms with E-state index in [-0.39, 0.29) is 21.0 Å². The number of carbonyl (C=O) groups is 1. The summed E-state index contributed by atoms with van der Waals surface area (Å²) in [5.74, 6) is 0.213. The van der Waals surface area contributed by atoms with Crippen LogP contribution in [0.4, 0.5) is 0 Å². The van der Waals surface area contributed by atoms with Crippen LogP contribution < -0.4 is 0 Å². The Bertz CT molecular complexity index is 268. The van der Waals surface area contributed by atoms with Gasteiger partial charge in [0.05, 0.1) is 9.49 Å². The summed E-state index contributed by atoms with van der Waals surface area (Å²) in [6, 6.07) is 0. The van der Waals surface area contributed by atoms with Crippen molar-refractivity contribution in [1.29, 1.82) is 0 Å². The average Bonchev–Trinajstić information content (AvgIpc) is 2.01. The molecule has 1 unspecified atom stereocenters. The highest BCUT2D eigenvalue weighted by Crippen LogP contribution is 2.46. The molecule has 0 aliphatic carbocycles. The number of carbonyl (C=O) groups excluding carboxylic acids is 1. The topological polar surface area (TPSA) is 37.3 Å². The lowest BCUT2D eigenvalue weighted by Gasteiger charge is -2.38. The van der Waals surface area contributed by atoms with Crippen LogP contribution in [0.15, 0.2) is 11.8 Å². The molecule has 3 heteroatoms. The van der Waals surface area contributed by atoms with Gasteiger partial charge in [0.25, 0.3) is 0 Å². The van der Waals surface area contributed by atoms with E-state index in [0.29, 0.717) is 0 Å². The zero-order valence-electron chi connectivity index (χ0n) is 8.55. The van der Waals surface area contributed by atoms with E-state index in [0.717, 1.165) is 6.42 Å². The Morgan fingerprint density at radius 3 is 2.46 bits per heavy atom. The standard InChI is InChI=1S/C10H16O2S/c1-5-10(4)8(12)6-7(11)9(2,3)13-10/h6,11H,5H2,1-4H3. The molecule has 0 fully saturated rings. The lowest BCUT2D eigenvalue weighted by molar-refractivity contribution is -0.116. The number of aliphatic hydroxyl groups is 1. The van der Waals surface area contributed by atoms with Crippen LogP contribution >= 0.6 is 11.8 Å². The molecule has 0 bridgehead atoms. The van der Waals surface area contributed by atoms with Gasteiger partial charge in [0.2, 0.25) is 0 Å². The number of allylic oxidation sites excluding steroid dienone is 1. The molecular formula is C10H16O2S. The first-order valence-electron chi connectivity index (χ1n) is 4.47. The second-order valence-corrected chi connectivity index (χ2v) is 6.22. The Morgan fingerprint density at radius 2 is 2.00 bits per heavy atom. The Morgan fingerprint density at radius 1 is 1.46 bits per heavy atom. The van der Waals surface area contributed by atoms with Crippen LogP contribution in [0.1, 0.15) is 34.1 Å². The molecule has 0 aromatic carbocycles. The molecule has 0 saturated heterocycles. The third-order valence-corrected chi connectivity index (χ3v) is 4.22. The highest BCUT2D eigenvalue weighted by molar-refractivity contribution is 8.03. The molecular weight excluding hydrogens is 184 g/mol. The molecule has 74 valence electrons. The Labute approximate surface area is 83.4 Å². The van der Waals surface area contributed by atoms with Gasteiger partial charge >= 0.3 is 0 Å². The molecule has 0 saturated carbocycles. The van der Waals surface area contributed by atoms with Crippen LogP contribution in [0, 0.1) is 0 Å². The van der Waals surface area contributed by atoms with Gasteiger partial charge in [-0.2, -0.15) is 0 Å². The molecule has 1 aliphatic heterocycles. The van der Waals surface area contributed by atoms with Crippen LogP contribution in [0.2, 0.25) is 0 Å². The summed E-state index contributed by atoms with van der Waals surface area (Å²) in [4.78, 5) is 11.6. The number of hydrogen-bond donors (Lipinski definition) is 1. The molecule has 0 aromatic heterocycles. The molecule has 0 spiro atoms. The first-order valence-corrected chi connectivity index (χ1v) is 5.29. The predicted molar refractivity (Wildman–Crippen MR) is 56.1 cm³/mol. The molecule has 1 rings (SSSR count). The molecule has 0 amide bonds. The fourth-order valence-electron chi connectivity index (χ4n) is 1.36. The Kier molecular flexibility index (Phi) is 2.50. The Balaban J connectivity index is 3.08. The Hall–Kier alpha value is -0.440. The van der Waals surface area contributed by atoms with Crippen molar-refractivity contribution < 1.29 is 9.90 Å². The van der Waals surface area contributed by atoms with Gasteiger partial charge < -0.3 is 5.11 Å². The van der Waals surface area contributed by atoms with Gasteiger partial charge in [-0.15, -0.1) is 11.8 Å². The van der Waals surface area contributed by atoms with Crippen molar-refractivity contribution in [2.75, 3.05) is 0 Å². The maximum Gasteiger partial charge on any atom is 0.174 e. The largest absolute Gasteiger partial charge is 0.511 e. The minimum atomic E-state index is -0.365. The minimum absolute atomic E-state index is 0.0248. The summed E-state index contributed by atoms with van der Waals surface area (Å²) in [7, 11) is 0. The quantitative estimate of drug-likeness (QED) is 0.707. The second kappa shape index (κ2) is 3.05. The highest BCUT2D eigenvalue weighted by Gasteiger charge is 2.43. The third-order valence-electron chi connectivity index (χ3n) is 2.56. The summed E-state index contributed by atoms with van der Waals surface area (Å²) >= 11 is 1.54. The summed E-state index contributed by atoms with van der Waals surface area (Å²) < 4.78 is -0.700. The smallest absolute Gasteiger partial charge is 0.174 e. The van der Waals surface area contributed by atoms with Crippen molar-refractivity contribution in [1.82, 2.24) is 0 Å². The first kappa shape index (κ1) is 10.6. The molecule has 1 aliphatic rings. The van der Waals surface area contributed by atoms with Crippen LogP contribution in [-0.2, 0) is 4.79 Å². The zero-order chi connectivity index (χ0) is 10.3. The van der Waals surface area contributed by atoms with Crippen molar-refractivity contribution in [3.05, 3.63) is 11.8 Å². The fourth-order valence-corrected chi connectivity index (χ4v) is 2.96. The molecule has 13 heavy (non-hydrogen) atoms. The number of aliphatic hydroxyl groups excluding tert-OH is 1. The van der Waals surface area contributed by atoms with Crippen molar-refractivity contribution in [3.63, 3.8) is 0 Å². The van der Waals surface area contributed by atoms with Crippen molar-refractivity contribution in [2.24, 2.45) is 0 Å². The van der Waals surface area contributed by atoms with Crippen LogP contribution in [-0.4, -0.2) is 20.4 Å². The average molecular weight is 200 g/mol. The van der Waals surface area contributed by atoms with E-state index in [1.165, 1.54) is 17.8 Å². The molecule has 0 aromatic rings. The molecule has 1 atom stereocenters. The van der Waals surface area contributed by atoms with Gasteiger partial charge in [-0.05, 0) is 27.2 Å². The maximum atomic E-state index is 11.6. The molecule has 0 radical (unpaired) electrons.